The minimum absolute atomic E-state index is 0.241. The van der Waals surface area contributed by atoms with Gasteiger partial charge in [0, 0.05) is 18.8 Å². The predicted octanol–water partition coefficient (Wildman–Crippen LogP) is 1.35. The van der Waals surface area contributed by atoms with Gasteiger partial charge in [-0.15, -0.1) is 0 Å². The number of ether oxygens (including phenoxy) is 1. The van der Waals surface area contributed by atoms with Crippen LogP contribution in [0.5, 0.6) is 0 Å². The lowest BCUT2D eigenvalue weighted by Gasteiger charge is -2.29. The summed E-state index contributed by atoms with van der Waals surface area (Å²) in [4.78, 5) is 22.5. The minimum Gasteiger partial charge on any atom is -0.550 e. The second kappa shape index (κ2) is 9.77. The molecule has 0 heterocycles. The Balaban J connectivity index is 4.07. The zero-order valence-corrected chi connectivity index (χ0v) is 14.2. The number of nitrogens with zero attached hydrogens (tertiary/aromatic N) is 1. The van der Waals surface area contributed by atoms with Crippen molar-refractivity contribution in [2.45, 2.75) is 58.5 Å². The van der Waals surface area contributed by atoms with E-state index >= 15 is 0 Å². The van der Waals surface area contributed by atoms with Crippen molar-refractivity contribution in [1.82, 2.24) is 0 Å². The summed E-state index contributed by atoms with van der Waals surface area (Å²) in [7, 11) is 5.80. The first-order valence-electron chi connectivity index (χ1n) is 7.80. The molecule has 0 spiro atoms. The summed E-state index contributed by atoms with van der Waals surface area (Å²) >= 11 is 0. The highest BCUT2D eigenvalue weighted by Crippen LogP contribution is 2.11. The number of carboxylic acid groups (broad SMARTS) is 1. The zero-order valence-electron chi connectivity index (χ0n) is 14.2. The molecular weight excluding hydrogens is 270 g/mol. The molecule has 21 heavy (non-hydrogen) atoms. The van der Waals surface area contributed by atoms with E-state index in [1.165, 1.54) is 6.42 Å². The molecule has 0 rings (SSSR count). The molecule has 0 fully saturated rings. The monoisotopic (exact) mass is 301 g/mol. The molecule has 0 aliphatic carbocycles. The average molecular weight is 301 g/mol. The number of carbonyl (C=O) groups is 2. The van der Waals surface area contributed by atoms with E-state index in [0.29, 0.717) is 23.4 Å². The average Bonchev–Trinajstić information content (AvgIpc) is 2.24. The van der Waals surface area contributed by atoms with Crippen molar-refractivity contribution >= 4 is 11.9 Å². The van der Waals surface area contributed by atoms with Gasteiger partial charge in [-0.2, -0.15) is 0 Å². The Morgan fingerprint density at radius 3 is 2.19 bits per heavy atom. The lowest BCUT2D eigenvalue weighted by atomic mass is 10.0. The van der Waals surface area contributed by atoms with Crippen molar-refractivity contribution < 1.29 is 23.9 Å². The van der Waals surface area contributed by atoms with Crippen molar-refractivity contribution in [3.05, 3.63) is 0 Å². The summed E-state index contributed by atoms with van der Waals surface area (Å²) in [6.45, 7) is 4.83. The van der Waals surface area contributed by atoms with E-state index in [4.69, 9.17) is 4.74 Å². The number of rotatable bonds is 11. The van der Waals surface area contributed by atoms with Crippen LogP contribution in [-0.2, 0) is 14.3 Å². The fraction of sp³-hybridized carbons (Fsp3) is 0.875. The molecule has 0 saturated heterocycles. The lowest BCUT2D eigenvalue weighted by Crippen LogP contribution is -2.45. The van der Waals surface area contributed by atoms with Crippen molar-refractivity contribution in [2.75, 3.05) is 27.7 Å². The predicted molar refractivity (Wildman–Crippen MR) is 80.3 cm³/mol. The van der Waals surface area contributed by atoms with Gasteiger partial charge in [-0.1, -0.05) is 33.1 Å². The summed E-state index contributed by atoms with van der Waals surface area (Å²) in [5.41, 5.74) is 0. The van der Waals surface area contributed by atoms with E-state index in [-0.39, 0.29) is 12.4 Å². The van der Waals surface area contributed by atoms with E-state index in [9.17, 15) is 14.7 Å². The van der Waals surface area contributed by atoms with E-state index in [0.717, 1.165) is 19.3 Å². The number of likely N-dealkylation sites (N-methyl/N-ethyl adjacent to an activating group) is 1. The SMILES string of the molecule is CC(C)CCCCCC(=O)OC(CC(=O)[O-])C[N+](C)(C)C. The molecule has 0 aromatic heterocycles. The smallest absolute Gasteiger partial charge is 0.306 e. The molecule has 1 atom stereocenters. The van der Waals surface area contributed by atoms with Crippen LogP contribution < -0.4 is 5.11 Å². The zero-order chi connectivity index (χ0) is 16.5. The summed E-state index contributed by atoms with van der Waals surface area (Å²) in [5.74, 6) is -0.800. The second-order valence-corrected chi connectivity index (χ2v) is 7.15. The van der Waals surface area contributed by atoms with Crippen LogP contribution >= 0.6 is 0 Å². The van der Waals surface area contributed by atoms with Crippen molar-refractivity contribution in [3.63, 3.8) is 0 Å². The van der Waals surface area contributed by atoms with Gasteiger partial charge in [0.15, 0.2) is 6.10 Å². The van der Waals surface area contributed by atoms with Crippen LogP contribution in [0.4, 0.5) is 0 Å². The van der Waals surface area contributed by atoms with E-state index in [1.807, 2.05) is 21.1 Å². The topological polar surface area (TPSA) is 66.4 Å². The van der Waals surface area contributed by atoms with Crippen molar-refractivity contribution in [1.29, 1.82) is 0 Å². The number of unbranched alkanes of at least 4 members (excludes halogenated alkanes) is 2. The van der Waals surface area contributed by atoms with Crippen LogP contribution in [0.15, 0.2) is 0 Å². The van der Waals surface area contributed by atoms with Crippen LogP contribution in [0.1, 0.15) is 52.4 Å². The maximum absolute atomic E-state index is 11.8. The maximum Gasteiger partial charge on any atom is 0.306 e. The quantitative estimate of drug-likeness (QED) is 0.328. The third kappa shape index (κ3) is 13.6. The largest absolute Gasteiger partial charge is 0.550 e. The molecule has 0 aromatic carbocycles. The summed E-state index contributed by atoms with van der Waals surface area (Å²) in [6, 6.07) is 0. The Morgan fingerprint density at radius 2 is 1.71 bits per heavy atom. The highest BCUT2D eigenvalue weighted by atomic mass is 16.5. The molecule has 1 unspecified atom stereocenters. The van der Waals surface area contributed by atoms with Crippen LogP contribution in [0.2, 0.25) is 0 Å². The Kier molecular flexibility index (Phi) is 9.26. The van der Waals surface area contributed by atoms with Gasteiger partial charge in [-0.05, 0) is 12.3 Å². The highest BCUT2D eigenvalue weighted by Gasteiger charge is 2.22. The molecule has 124 valence electrons. The highest BCUT2D eigenvalue weighted by molar-refractivity contribution is 5.70. The van der Waals surface area contributed by atoms with Gasteiger partial charge in [-0.3, -0.25) is 4.79 Å². The summed E-state index contributed by atoms with van der Waals surface area (Å²) in [5, 5.41) is 10.7. The number of quaternary nitrogens is 1. The molecule has 0 saturated carbocycles. The van der Waals surface area contributed by atoms with E-state index < -0.39 is 12.1 Å². The van der Waals surface area contributed by atoms with Gasteiger partial charge in [0.2, 0.25) is 0 Å². The van der Waals surface area contributed by atoms with Gasteiger partial charge in [0.25, 0.3) is 0 Å². The number of esters is 1. The molecule has 5 heteroatoms. The van der Waals surface area contributed by atoms with Crippen LogP contribution in [0, 0.1) is 5.92 Å². The molecule has 0 N–H and O–H groups in total. The molecular formula is C16H31NO4. The Labute approximate surface area is 128 Å². The third-order valence-corrected chi connectivity index (χ3v) is 3.11. The lowest BCUT2D eigenvalue weighted by molar-refractivity contribution is -0.873. The first kappa shape index (κ1) is 19.9. The number of hydrogen-bond donors (Lipinski definition) is 0. The molecule has 0 aromatic rings. The van der Waals surface area contributed by atoms with Gasteiger partial charge < -0.3 is 19.1 Å². The fourth-order valence-corrected chi connectivity index (χ4v) is 2.18. The summed E-state index contributed by atoms with van der Waals surface area (Å²) < 4.78 is 5.83. The Morgan fingerprint density at radius 1 is 1.10 bits per heavy atom. The fourth-order valence-electron chi connectivity index (χ4n) is 2.18. The molecule has 0 bridgehead atoms. The molecule has 0 aliphatic heterocycles. The van der Waals surface area contributed by atoms with Gasteiger partial charge in [-0.25, -0.2) is 0 Å². The molecule has 0 aliphatic rings. The standard InChI is InChI=1S/C16H31NO4/c1-13(2)9-7-6-8-10-16(20)21-14(11-15(18)19)12-17(3,4)5/h13-14H,6-12H2,1-5H3. The Bertz CT molecular complexity index is 321. The number of aliphatic carboxylic acids is 1. The second-order valence-electron chi connectivity index (χ2n) is 7.15. The molecule has 0 radical (unpaired) electrons. The van der Waals surface area contributed by atoms with Crippen LogP contribution in [0.3, 0.4) is 0 Å². The van der Waals surface area contributed by atoms with Gasteiger partial charge in [0.05, 0.1) is 21.1 Å². The van der Waals surface area contributed by atoms with Crippen molar-refractivity contribution in [3.8, 4) is 0 Å². The van der Waals surface area contributed by atoms with Crippen molar-refractivity contribution in [2.24, 2.45) is 5.92 Å². The van der Waals surface area contributed by atoms with Crippen LogP contribution in [-0.4, -0.2) is 50.2 Å². The van der Waals surface area contributed by atoms with E-state index in [2.05, 4.69) is 13.8 Å². The first-order chi connectivity index (χ1) is 9.60. The number of carboxylic acids is 1. The van der Waals surface area contributed by atoms with Gasteiger partial charge in [0.1, 0.15) is 6.54 Å². The number of carbonyl (C=O) groups excluding carboxylic acids is 2. The Hall–Kier alpha value is -1.10. The van der Waals surface area contributed by atoms with Crippen LogP contribution in [0.25, 0.3) is 0 Å². The van der Waals surface area contributed by atoms with Gasteiger partial charge >= 0.3 is 5.97 Å². The molecule has 0 amide bonds. The third-order valence-electron chi connectivity index (χ3n) is 3.11. The minimum atomic E-state index is -1.18. The maximum atomic E-state index is 11.8. The van der Waals surface area contributed by atoms with E-state index in [1.54, 1.807) is 0 Å². The number of hydrogen-bond acceptors (Lipinski definition) is 4. The molecule has 5 nitrogen and oxygen atoms in total. The summed E-state index contributed by atoms with van der Waals surface area (Å²) in [6.07, 6.45) is 3.60. The normalized spacial score (nSPS) is 13.2. The first-order valence-corrected chi connectivity index (χ1v) is 7.80.